The van der Waals surface area contributed by atoms with E-state index >= 15 is 0 Å². The highest BCUT2D eigenvalue weighted by Gasteiger charge is 2.41. The highest BCUT2D eigenvalue weighted by atomic mass is 19.1. The minimum Gasteiger partial charge on any atom is -0.341 e. The molecule has 1 unspecified atom stereocenters. The van der Waals surface area contributed by atoms with Gasteiger partial charge in [-0.3, -0.25) is 4.79 Å². The molecule has 4 heteroatoms. The number of benzene rings is 1. The number of hydrogen-bond acceptors (Lipinski definition) is 2. The van der Waals surface area contributed by atoms with Crippen LogP contribution in [0.1, 0.15) is 25.3 Å². The lowest BCUT2D eigenvalue weighted by Gasteiger charge is -2.31. The first-order valence-electron chi connectivity index (χ1n) is 6.78. The molecule has 1 aliphatic heterocycles. The molecule has 0 aliphatic carbocycles. The molecule has 1 fully saturated rings. The Labute approximate surface area is 113 Å². The summed E-state index contributed by atoms with van der Waals surface area (Å²) in [5.41, 5.74) is 0.698. The lowest BCUT2D eigenvalue weighted by Crippen LogP contribution is -2.42. The molecule has 1 aromatic rings. The molecule has 1 N–H and O–H groups in total. The molecular formula is C15H21FN2O. The maximum absolute atomic E-state index is 12.9. The van der Waals surface area contributed by atoms with Crippen molar-refractivity contribution in [2.45, 2.75) is 26.3 Å². The Morgan fingerprint density at radius 2 is 2.11 bits per heavy atom. The Hall–Kier alpha value is -1.42. The van der Waals surface area contributed by atoms with Gasteiger partial charge in [0.05, 0.1) is 5.41 Å². The second kappa shape index (κ2) is 5.70. The maximum atomic E-state index is 12.9. The molecule has 0 aromatic heterocycles. The molecule has 3 nitrogen and oxygen atoms in total. The van der Waals surface area contributed by atoms with E-state index in [1.807, 2.05) is 7.05 Å². The summed E-state index contributed by atoms with van der Waals surface area (Å²) in [6.45, 7) is 4.26. The monoisotopic (exact) mass is 264 g/mol. The Bertz CT molecular complexity index is 438. The van der Waals surface area contributed by atoms with Crippen LogP contribution in [0.3, 0.4) is 0 Å². The zero-order valence-corrected chi connectivity index (χ0v) is 11.6. The largest absolute Gasteiger partial charge is 0.341 e. The molecule has 2 rings (SSSR count). The van der Waals surface area contributed by atoms with Gasteiger partial charge in [0.2, 0.25) is 5.91 Å². The maximum Gasteiger partial charge on any atom is 0.230 e. The molecule has 1 saturated heterocycles. The molecule has 104 valence electrons. The predicted molar refractivity (Wildman–Crippen MR) is 73.1 cm³/mol. The summed E-state index contributed by atoms with van der Waals surface area (Å²) in [5, 5.41) is 3.27. The van der Waals surface area contributed by atoms with Gasteiger partial charge >= 0.3 is 0 Å². The van der Waals surface area contributed by atoms with Crippen LogP contribution in [0.5, 0.6) is 0 Å². The van der Waals surface area contributed by atoms with Crippen molar-refractivity contribution >= 4 is 5.91 Å². The first kappa shape index (κ1) is 14.0. The fourth-order valence-electron chi connectivity index (χ4n) is 2.72. The minimum atomic E-state index is -0.255. The van der Waals surface area contributed by atoms with E-state index in [4.69, 9.17) is 0 Å². The van der Waals surface area contributed by atoms with Crippen LogP contribution in [-0.2, 0) is 11.3 Å². The summed E-state index contributed by atoms with van der Waals surface area (Å²) in [6, 6.07) is 6.32. The van der Waals surface area contributed by atoms with Crippen molar-refractivity contribution in [1.82, 2.24) is 10.2 Å². The molecule has 1 aromatic carbocycles. The summed E-state index contributed by atoms with van der Waals surface area (Å²) < 4.78 is 12.9. The lowest BCUT2D eigenvalue weighted by molar-refractivity contribution is -0.140. The number of rotatable bonds is 4. The molecule has 19 heavy (non-hydrogen) atoms. The van der Waals surface area contributed by atoms with E-state index in [0.29, 0.717) is 6.54 Å². The highest BCUT2D eigenvalue weighted by molar-refractivity contribution is 5.83. The molecule has 0 saturated carbocycles. The number of carbonyl (C=O) groups is 1. The van der Waals surface area contributed by atoms with Gasteiger partial charge in [-0.25, -0.2) is 4.39 Å². The van der Waals surface area contributed by atoms with Crippen LogP contribution in [0.4, 0.5) is 4.39 Å². The second-order valence-corrected chi connectivity index (χ2v) is 5.35. The Kier molecular flexibility index (Phi) is 4.20. The van der Waals surface area contributed by atoms with Crippen molar-refractivity contribution in [3.63, 3.8) is 0 Å². The van der Waals surface area contributed by atoms with Crippen LogP contribution >= 0.6 is 0 Å². The molecule has 0 radical (unpaired) electrons. The summed E-state index contributed by atoms with van der Waals surface area (Å²) >= 11 is 0. The number of nitrogens with zero attached hydrogens (tertiary/aromatic N) is 1. The van der Waals surface area contributed by atoms with Gasteiger partial charge in [0.25, 0.3) is 0 Å². The van der Waals surface area contributed by atoms with Crippen LogP contribution in [0.25, 0.3) is 0 Å². The Balaban J connectivity index is 2.04. The van der Waals surface area contributed by atoms with Crippen LogP contribution in [0, 0.1) is 11.2 Å². The van der Waals surface area contributed by atoms with Crippen LogP contribution in [0.15, 0.2) is 24.3 Å². The van der Waals surface area contributed by atoms with Gasteiger partial charge in [-0.2, -0.15) is 0 Å². The average molecular weight is 264 g/mol. The number of halogens is 1. The van der Waals surface area contributed by atoms with E-state index in [0.717, 1.165) is 31.5 Å². The van der Waals surface area contributed by atoms with Gasteiger partial charge < -0.3 is 10.2 Å². The van der Waals surface area contributed by atoms with E-state index < -0.39 is 0 Å². The van der Waals surface area contributed by atoms with Gasteiger partial charge in [-0.05, 0) is 37.1 Å². The summed E-state index contributed by atoms with van der Waals surface area (Å²) in [4.78, 5) is 14.3. The molecule has 1 aliphatic rings. The first-order chi connectivity index (χ1) is 9.07. The predicted octanol–water partition coefficient (Wildman–Crippen LogP) is 2.17. The standard InChI is InChI=1S/C15H21FN2O/c1-3-15(8-9-17-11-15)14(19)18(2)10-12-4-6-13(16)7-5-12/h4-7,17H,3,8-11H2,1-2H3. The van der Waals surface area contributed by atoms with Crippen molar-refractivity contribution in [1.29, 1.82) is 0 Å². The molecule has 0 spiro atoms. The van der Waals surface area contributed by atoms with E-state index in [1.54, 1.807) is 17.0 Å². The molecule has 1 atom stereocenters. The van der Waals surface area contributed by atoms with Crippen LogP contribution < -0.4 is 5.32 Å². The van der Waals surface area contributed by atoms with Crippen molar-refractivity contribution in [3.8, 4) is 0 Å². The topological polar surface area (TPSA) is 32.3 Å². The summed E-state index contributed by atoms with van der Waals surface area (Å²) in [6.07, 6.45) is 1.75. The van der Waals surface area contributed by atoms with Gasteiger partial charge in [0, 0.05) is 20.1 Å². The van der Waals surface area contributed by atoms with E-state index in [1.165, 1.54) is 12.1 Å². The van der Waals surface area contributed by atoms with Crippen molar-refractivity contribution in [2.75, 3.05) is 20.1 Å². The molecular weight excluding hydrogens is 243 g/mol. The third-order valence-electron chi connectivity index (χ3n) is 4.05. The number of hydrogen-bond donors (Lipinski definition) is 1. The number of nitrogens with one attached hydrogen (secondary N) is 1. The van der Waals surface area contributed by atoms with Gasteiger partial charge in [0.15, 0.2) is 0 Å². The van der Waals surface area contributed by atoms with Gasteiger partial charge in [-0.15, -0.1) is 0 Å². The van der Waals surface area contributed by atoms with Crippen LogP contribution in [-0.4, -0.2) is 30.9 Å². The van der Waals surface area contributed by atoms with Crippen molar-refractivity contribution in [2.24, 2.45) is 5.41 Å². The average Bonchev–Trinajstić information content (AvgIpc) is 2.90. The Morgan fingerprint density at radius 1 is 1.42 bits per heavy atom. The normalized spacial score (nSPS) is 22.5. The van der Waals surface area contributed by atoms with E-state index in [9.17, 15) is 9.18 Å². The third kappa shape index (κ3) is 2.95. The van der Waals surface area contributed by atoms with E-state index in [-0.39, 0.29) is 17.1 Å². The molecule has 1 amide bonds. The summed E-state index contributed by atoms with van der Waals surface area (Å²) in [5.74, 6) is -0.0629. The van der Waals surface area contributed by atoms with Gasteiger partial charge in [0.1, 0.15) is 5.82 Å². The van der Waals surface area contributed by atoms with Gasteiger partial charge in [-0.1, -0.05) is 19.1 Å². The van der Waals surface area contributed by atoms with Crippen LogP contribution in [0.2, 0.25) is 0 Å². The van der Waals surface area contributed by atoms with E-state index in [2.05, 4.69) is 12.2 Å². The number of carbonyl (C=O) groups excluding carboxylic acids is 1. The smallest absolute Gasteiger partial charge is 0.230 e. The fourth-order valence-corrected chi connectivity index (χ4v) is 2.72. The molecule has 0 bridgehead atoms. The highest BCUT2D eigenvalue weighted by Crippen LogP contribution is 2.31. The van der Waals surface area contributed by atoms with Crippen molar-refractivity contribution in [3.05, 3.63) is 35.6 Å². The lowest BCUT2D eigenvalue weighted by atomic mass is 9.83. The molecule has 1 heterocycles. The van der Waals surface area contributed by atoms with Crippen molar-refractivity contribution < 1.29 is 9.18 Å². The fraction of sp³-hybridized carbons (Fsp3) is 0.533. The second-order valence-electron chi connectivity index (χ2n) is 5.35. The first-order valence-corrected chi connectivity index (χ1v) is 6.78. The summed E-state index contributed by atoms with van der Waals surface area (Å²) in [7, 11) is 1.82. The quantitative estimate of drug-likeness (QED) is 0.904. The zero-order chi connectivity index (χ0) is 13.9. The zero-order valence-electron chi connectivity index (χ0n) is 11.6. The SMILES string of the molecule is CCC1(C(=O)N(C)Cc2ccc(F)cc2)CCNC1. The Morgan fingerprint density at radius 3 is 2.63 bits per heavy atom. The minimum absolute atomic E-state index is 0.185. The number of amides is 1. The third-order valence-corrected chi connectivity index (χ3v) is 4.05.